The Labute approximate surface area is 113 Å². The van der Waals surface area contributed by atoms with E-state index in [2.05, 4.69) is 11.9 Å². The molecule has 0 radical (unpaired) electrons. The third-order valence-electron chi connectivity index (χ3n) is 2.98. The second-order valence-electron chi connectivity index (χ2n) is 4.80. The van der Waals surface area contributed by atoms with Crippen LogP contribution in [0.2, 0.25) is 0 Å². The van der Waals surface area contributed by atoms with Gasteiger partial charge in [0.05, 0.1) is 13.0 Å². The topological polar surface area (TPSA) is 64.3 Å². The van der Waals surface area contributed by atoms with Gasteiger partial charge < -0.3 is 15.8 Å². The predicted octanol–water partition coefficient (Wildman–Crippen LogP) is 2.04. The standard InChI is InChI=1S/C15H20N2O2/c1-2-3-11-10-12(16)4-7-14(11)19-9-8-15(18)17-13-5-6-13/h2,4,7,10,13H,1,3,5-6,8-9,16H2,(H,17,18). The van der Waals surface area contributed by atoms with Crippen molar-refractivity contribution in [3.8, 4) is 5.75 Å². The highest BCUT2D eigenvalue weighted by Gasteiger charge is 2.22. The molecule has 102 valence electrons. The molecule has 1 aliphatic carbocycles. The van der Waals surface area contributed by atoms with E-state index < -0.39 is 0 Å². The molecule has 4 heteroatoms. The molecule has 1 aromatic carbocycles. The summed E-state index contributed by atoms with van der Waals surface area (Å²) in [5.74, 6) is 0.830. The zero-order valence-electron chi connectivity index (χ0n) is 11.0. The molecular formula is C15H20N2O2. The fraction of sp³-hybridized carbons (Fsp3) is 0.400. The van der Waals surface area contributed by atoms with Crippen molar-refractivity contribution in [2.75, 3.05) is 12.3 Å². The lowest BCUT2D eigenvalue weighted by molar-refractivity contribution is -0.121. The maximum atomic E-state index is 11.5. The monoisotopic (exact) mass is 260 g/mol. The number of nitrogen functional groups attached to an aromatic ring is 1. The van der Waals surface area contributed by atoms with Gasteiger partial charge in [-0.3, -0.25) is 4.79 Å². The van der Waals surface area contributed by atoms with Gasteiger partial charge in [0.1, 0.15) is 5.75 Å². The number of amides is 1. The molecular weight excluding hydrogens is 240 g/mol. The Bertz CT molecular complexity index is 467. The molecule has 0 unspecified atom stereocenters. The van der Waals surface area contributed by atoms with E-state index in [-0.39, 0.29) is 5.91 Å². The summed E-state index contributed by atoms with van der Waals surface area (Å²) in [6, 6.07) is 5.92. The van der Waals surface area contributed by atoms with E-state index in [1.165, 1.54) is 0 Å². The molecule has 1 aromatic rings. The molecule has 0 spiro atoms. The molecule has 1 fully saturated rings. The van der Waals surface area contributed by atoms with Crippen molar-refractivity contribution in [1.29, 1.82) is 0 Å². The van der Waals surface area contributed by atoms with Crippen molar-refractivity contribution in [1.82, 2.24) is 5.32 Å². The Balaban J connectivity index is 1.83. The Kier molecular flexibility index (Phi) is 4.44. The van der Waals surface area contributed by atoms with Crippen LogP contribution in [0.4, 0.5) is 5.69 Å². The number of carbonyl (C=O) groups is 1. The minimum absolute atomic E-state index is 0.0585. The summed E-state index contributed by atoms with van der Waals surface area (Å²) in [5.41, 5.74) is 7.44. The van der Waals surface area contributed by atoms with E-state index >= 15 is 0 Å². The van der Waals surface area contributed by atoms with Gasteiger partial charge in [0.25, 0.3) is 0 Å². The SMILES string of the molecule is C=CCc1cc(N)ccc1OCCC(=O)NC1CC1. The van der Waals surface area contributed by atoms with Gasteiger partial charge in [0.2, 0.25) is 5.91 Å². The first-order valence-electron chi connectivity index (χ1n) is 6.60. The summed E-state index contributed by atoms with van der Waals surface area (Å²) < 4.78 is 5.65. The summed E-state index contributed by atoms with van der Waals surface area (Å²) >= 11 is 0. The average molecular weight is 260 g/mol. The smallest absolute Gasteiger partial charge is 0.223 e. The van der Waals surface area contributed by atoms with Crippen molar-refractivity contribution in [3.63, 3.8) is 0 Å². The molecule has 0 saturated heterocycles. The zero-order valence-corrected chi connectivity index (χ0v) is 11.0. The lowest BCUT2D eigenvalue weighted by Crippen LogP contribution is -2.26. The number of nitrogens with two attached hydrogens (primary N) is 1. The second-order valence-corrected chi connectivity index (χ2v) is 4.80. The molecule has 0 bridgehead atoms. The quantitative estimate of drug-likeness (QED) is 0.582. The first-order valence-corrected chi connectivity index (χ1v) is 6.60. The van der Waals surface area contributed by atoms with Crippen molar-refractivity contribution >= 4 is 11.6 Å². The van der Waals surface area contributed by atoms with Crippen LogP contribution in [0.5, 0.6) is 5.75 Å². The molecule has 2 rings (SSSR count). The maximum Gasteiger partial charge on any atom is 0.223 e. The minimum atomic E-state index is 0.0585. The lowest BCUT2D eigenvalue weighted by Gasteiger charge is -2.11. The van der Waals surface area contributed by atoms with Crippen molar-refractivity contribution in [3.05, 3.63) is 36.4 Å². The first kappa shape index (κ1) is 13.5. The number of ether oxygens (including phenoxy) is 1. The molecule has 4 nitrogen and oxygen atoms in total. The van der Waals surface area contributed by atoms with Gasteiger partial charge in [-0.15, -0.1) is 6.58 Å². The van der Waals surface area contributed by atoms with Gasteiger partial charge in [0.15, 0.2) is 0 Å². The molecule has 0 heterocycles. The fourth-order valence-electron chi connectivity index (χ4n) is 1.84. The highest BCUT2D eigenvalue weighted by molar-refractivity contribution is 5.76. The Morgan fingerprint density at radius 3 is 3.00 bits per heavy atom. The molecule has 1 saturated carbocycles. The van der Waals surface area contributed by atoms with E-state index in [9.17, 15) is 4.79 Å². The molecule has 0 aliphatic heterocycles. The van der Waals surface area contributed by atoms with Crippen LogP contribution in [0.1, 0.15) is 24.8 Å². The average Bonchev–Trinajstić information content (AvgIpc) is 3.16. The van der Waals surface area contributed by atoms with Crippen molar-refractivity contribution < 1.29 is 9.53 Å². The number of allylic oxidation sites excluding steroid dienone is 1. The number of benzene rings is 1. The summed E-state index contributed by atoms with van der Waals surface area (Å²) in [6.45, 7) is 4.10. The van der Waals surface area contributed by atoms with Crippen LogP contribution in [0.3, 0.4) is 0 Å². The second kappa shape index (κ2) is 6.27. The third kappa shape index (κ3) is 4.32. The number of anilines is 1. The van der Waals surface area contributed by atoms with Gasteiger partial charge in [0, 0.05) is 11.7 Å². The lowest BCUT2D eigenvalue weighted by atomic mass is 10.1. The van der Waals surface area contributed by atoms with Crippen LogP contribution < -0.4 is 15.8 Å². The van der Waals surface area contributed by atoms with Crippen molar-refractivity contribution in [2.45, 2.75) is 31.7 Å². The molecule has 19 heavy (non-hydrogen) atoms. The Morgan fingerprint density at radius 1 is 1.53 bits per heavy atom. The first-order chi connectivity index (χ1) is 9.19. The summed E-state index contributed by atoms with van der Waals surface area (Å²) in [6.07, 6.45) is 5.10. The normalized spacial score (nSPS) is 13.9. The van der Waals surface area contributed by atoms with Crippen LogP contribution in [-0.2, 0) is 11.2 Å². The Morgan fingerprint density at radius 2 is 2.32 bits per heavy atom. The fourth-order valence-corrected chi connectivity index (χ4v) is 1.84. The van der Waals surface area contributed by atoms with Crippen LogP contribution >= 0.6 is 0 Å². The van der Waals surface area contributed by atoms with E-state index in [1.54, 1.807) is 12.1 Å². The van der Waals surface area contributed by atoms with Crippen LogP contribution in [-0.4, -0.2) is 18.6 Å². The zero-order chi connectivity index (χ0) is 13.7. The van der Waals surface area contributed by atoms with Crippen LogP contribution in [0.15, 0.2) is 30.9 Å². The van der Waals surface area contributed by atoms with Gasteiger partial charge in [-0.1, -0.05) is 6.08 Å². The van der Waals surface area contributed by atoms with Gasteiger partial charge in [-0.05, 0) is 43.0 Å². The third-order valence-corrected chi connectivity index (χ3v) is 2.98. The molecule has 0 aromatic heterocycles. The van der Waals surface area contributed by atoms with Gasteiger partial charge in [-0.25, -0.2) is 0 Å². The summed E-state index contributed by atoms with van der Waals surface area (Å²) in [5, 5.41) is 2.93. The van der Waals surface area contributed by atoms with Gasteiger partial charge >= 0.3 is 0 Å². The molecule has 0 atom stereocenters. The van der Waals surface area contributed by atoms with Crippen LogP contribution in [0, 0.1) is 0 Å². The predicted molar refractivity (Wildman–Crippen MR) is 76.0 cm³/mol. The number of carbonyl (C=O) groups excluding carboxylic acids is 1. The number of rotatable bonds is 7. The van der Waals surface area contributed by atoms with Crippen molar-refractivity contribution in [2.24, 2.45) is 0 Å². The maximum absolute atomic E-state index is 11.5. The van der Waals surface area contributed by atoms with Crippen LogP contribution in [0.25, 0.3) is 0 Å². The molecule has 3 N–H and O–H groups in total. The summed E-state index contributed by atoms with van der Waals surface area (Å²) in [7, 11) is 0. The largest absolute Gasteiger partial charge is 0.493 e. The number of hydrogen-bond acceptors (Lipinski definition) is 3. The minimum Gasteiger partial charge on any atom is -0.493 e. The van der Waals surface area contributed by atoms with E-state index in [0.717, 1.165) is 24.2 Å². The molecule has 1 aliphatic rings. The van der Waals surface area contributed by atoms with E-state index in [4.69, 9.17) is 10.5 Å². The highest BCUT2D eigenvalue weighted by Crippen LogP contribution is 2.22. The van der Waals surface area contributed by atoms with E-state index in [0.29, 0.717) is 31.2 Å². The number of nitrogens with one attached hydrogen (secondary N) is 1. The highest BCUT2D eigenvalue weighted by atomic mass is 16.5. The number of hydrogen-bond donors (Lipinski definition) is 2. The molecule has 1 amide bonds. The van der Waals surface area contributed by atoms with E-state index in [1.807, 2.05) is 12.1 Å². The summed E-state index contributed by atoms with van der Waals surface area (Å²) in [4.78, 5) is 11.5. The van der Waals surface area contributed by atoms with Gasteiger partial charge in [-0.2, -0.15) is 0 Å². The Hall–Kier alpha value is -1.97.